The molecule has 1 aliphatic carbocycles. The fourth-order valence-corrected chi connectivity index (χ4v) is 4.37. The number of hydrazone groups is 1. The molecule has 0 fully saturated rings. The van der Waals surface area contributed by atoms with E-state index >= 15 is 0 Å². The van der Waals surface area contributed by atoms with Crippen LogP contribution in [0.3, 0.4) is 0 Å². The summed E-state index contributed by atoms with van der Waals surface area (Å²) in [7, 11) is -3.91. The van der Waals surface area contributed by atoms with Crippen molar-refractivity contribution in [3.8, 4) is 0 Å². The molecule has 1 amide bonds. The van der Waals surface area contributed by atoms with Crippen LogP contribution in [-0.2, 0) is 10.0 Å². The van der Waals surface area contributed by atoms with Crippen LogP contribution in [0.1, 0.15) is 32.7 Å². The van der Waals surface area contributed by atoms with Crippen LogP contribution in [-0.4, -0.2) is 25.8 Å². The fraction of sp³-hybridized carbons (Fsp3) is 0.0455. The fourth-order valence-electron chi connectivity index (χ4n) is 3.14. The average molecular weight is 454 g/mol. The Balaban J connectivity index is 1.52. The highest BCUT2D eigenvalue weighted by molar-refractivity contribution is 7.92. The van der Waals surface area contributed by atoms with Gasteiger partial charge in [-0.05, 0) is 42.5 Å². The van der Waals surface area contributed by atoms with Gasteiger partial charge in [0.05, 0.1) is 17.0 Å². The standard InChI is InChI=1S/C22H16ClN3O4S/c23-15-8-10-16(11-9-15)26-31(29,30)17-5-3-4-14(12-17)22(28)25-24-20-13-21(27)19-7-2-1-6-18(19)20/h1-12,26H,13H2,(H,25,28)/b24-20+. The third-order valence-electron chi connectivity index (χ3n) is 4.66. The molecule has 2 N–H and O–H groups in total. The second kappa shape index (κ2) is 8.33. The molecule has 0 unspecified atom stereocenters. The Bertz CT molecular complexity index is 1320. The van der Waals surface area contributed by atoms with Crippen molar-refractivity contribution in [2.75, 3.05) is 4.72 Å². The van der Waals surface area contributed by atoms with E-state index in [4.69, 9.17) is 11.6 Å². The van der Waals surface area contributed by atoms with E-state index in [1.54, 1.807) is 36.4 Å². The lowest BCUT2D eigenvalue weighted by molar-refractivity contribution is 0.0951. The Labute approximate surface area is 183 Å². The van der Waals surface area contributed by atoms with E-state index in [0.717, 1.165) is 0 Å². The molecule has 0 aliphatic heterocycles. The molecule has 0 saturated carbocycles. The smallest absolute Gasteiger partial charge is 0.271 e. The highest BCUT2D eigenvalue weighted by Crippen LogP contribution is 2.22. The van der Waals surface area contributed by atoms with Gasteiger partial charge in [-0.3, -0.25) is 14.3 Å². The first-order valence-corrected chi connectivity index (χ1v) is 11.1. The van der Waals surface area contributed by atoms with Crippen molar-refractivity contribution in [1.82, 2.24) is 5.43 Å². The average Bonchev–Trinajstić information content (AvgIpc) is 3.09. The normalized spacial score (nSPS) is 14.4. The highest BCUT2D eigenvalue weighted by atomic mass is 35.5. The quantitative estimate of drug-likeness (QED) is 0.572. The lowest BCUT2D eigenvalue weighted by Gasteiger charge is -2.09. The zero-order valence-electron chi connectivity index (χ0n) is 16.0. The van der Waals surface area contributed by atoms with Gasteiger partial charge in [0.2, 0.25) is 0 Å². The molecule has 1 aliphatic rings. The monoisotopic (exact) mass is 453 g/mol. The molecule has 7 nitrogen and oxygen atoms in total. The summed E-state index contributed by atoms with van der Waals surface area (Å²) >= 11 is 5.82. The van der Waals surface area contributed by atoms with Crippen LogP contribution in [0.15, 0.2) is 82.8 Å². The Hall–Kier alpha value is -3.49. The first-order valence-electron chi connectivity index (χ1n) is 9.21. The van der Waals surface area contributed by atoms with Crippen LogP contribution in [0, 0.1) is 0 Å². The number of anilines is 1. The topological polar surface area (TPSA) is 105 Å². The van der Waals surface area contributed by atoms with Crippen molar-refractivity contribution in [3.05, 3.63) is 94.5 Å². The van der Waals surface area contributed by atoms with Crippen LogP contribution >= 0.6 is 11.6 Å². The number of Topliss-reactive ketones (excluding diaryl/α,β-unsaturated/α-hetero) is 1. The van der Waals surface area contributed by atoms with Gasteiger partial charge >= 0.3 is 0 Å². The van der Waals surface area contributed by atoms with Crippen molar-refractivity contribution in [2.45, 2.75) is 11.3 Å². The van der Waals surface area contributed by atoms with E-state index in [2.05, 4.69) is 15.2 Å². The minimum Gasteiger partial charge on any atom is -0.294 e. The molecule has 4 rings (SSSR count). The zero-order valence-corrected chi connectivity index (χ0v) is 17.6. The summed E-state index contributed by atoms with van der Waals surface area (Å²) in [6, 6.07) is 18.8. The third-order valence-corrected chi connectivity index (χ3v) is 6.29. The minimum absolute atomic E-state index is 0.0648. The van der Waals surface area contributed by atoms with Gasteiger partial charge in [0.1, 0.15) is 0 Å². The maximum Gasteiger partial charge on any atom is 0.271 e. The van der Waals surface area contributed by atoms with Gasteiger partial charge < -0.3 is 0 Å². The number of halogens is 1. The summed E-state index contributed by atoms with van der Waals surface area (Å²) in [6.07, 6.45) is 0.0963. The summed E-state index contributed by atoms with van der Waals surface area (Å²) in [5.74, 6) is -0.655. The number of fused-ring (bicyclic) bond motifs is 1. The number of nitrogens with one attached hydrogen (secondary N) is 2. The van der Waals surface area contributed by atoms with E-state index in [9.17, 15) is 18.0 Å². The molecular weight excluding hydrogens is 438 g/mol. The van der Waals surface area contributed by atoms with Gasteiger partial charge in [0.25, 0.3) is 15.9 Å². The number of ketones is 1. The van der Waals surface area contributed by atoms with Crippen molar-refractivity contribution in [2.24, 2.45) is 5.10 Å². The van der Waals surface area contributed by atoms with Crippen molar-refractivity contribution >= 4 is 44.7 Å². The lowest BCUT2D eigenvalue weighted by atomic mass is 10.1. The second-order valence-corrected chi connectivity index (χ2v) is 8.90. The summed E-state index contributed by atoms with van der Waals surface area (Å²) < 4.78 is 27.8. The predicted octanol–water partition coefficient (Wildman–Crippen LogP) is 3.86. The van der Waals surface area contributed by atoms with Gasteiger partial charge in [-0.25, -0.2) is 13.8 Å². The van der Waals surface area contributed by atoms with Crippen LogP contribution in [0.25, 0.3) is 0 Å². The Morgan fingerprint density at radius 2 is 1.65 bits per heavy atom. The Kier molecular flexibility index (Phi) is 5.58. The molecule has 0 heterocycles. The van der Waals surface area contributed by atoms with Gasteiger partial charge in [-0.15, -0.1) is 0 Å². The summed E-state index contributed by atoms with van der Waals surface area (Å²) in [5.41, 5.74) is 4.56. The van der Waals surface area contributed by atoms with Gasteiger partial charge in [0, 0.05) is 27.4 Å². The number of hydrogen-bond acceptors (Lipinski definition) is 5. The first kappa shape index (κ1) is 20.8. The predicted molar refractivity (Wildman–Crippen MR) is 118 cm³/mol. The molecule has 0 radical (unpaired) electrons. The molecule has 31 heavy (non-hydrogen) atoms. The van der Waals surface area contributed by atoms with Gasteiger partial charge in [0.15, 0.2) is 5.78 Å². The molecule has 0 saturated heterocycles. The van der Waals surface area contributed by atoms with Crippen molar-refractivity contribution in [3.63, 3.8) is 0 Å². The highest BCUT2D eigenvalue weighted by Gasteiger charge is 2.25. The minimum atomic E-state index is -3.91. The van der Waals surface area contributed by atoms with Gasteiger partial charge in [-0.1, -0.05) is 41.9 Å². The van der Waals surface area contributed by atoms with Crippen LogP contribution in [0.5, 0.6) is 0 Å². The number of hydrogen-bond donors (Lipinski definition) is 2. The Morgan fingerprint density at radius 1 is 0.935 bits per heavy atom. The number of benzene rings is 3. The maximum absolute atomic E-state index is 12.7. The summed E-state index contributed by atoms with van der Waals surface area (Å²) in [4.78, 5) is 24.5. The molecule has 3 aromatic rings. The second-order valence-electron chi connectivity index (χ2n) is 6.79. The van der Waals surface area contributed by atoms with E-state index in [0.29, 0.717) is 27.5 Å². The SMILES string of the molecule is O=C(N/N=C1\CC(=O)c2ccccc21)c1cccc(S(=O)(=O)Nc2ccc(Cl)cc2)c1. The number of carbonyl (C=O) groups is 2. The molecule has 0 spiro atoms. The van der Waals surface area contributed by atoms with Crippen LogP contribution in [0.4, 0.5) is 5.69 Å². The molecule has 3 aromatic carbocycles. The molecular formula is C22H16ClN3O4S. The number of sulfonamides is 1. The summed E-state index contributed by atoms with van der Waals surface area (Å²) in [6.45, 7) is 0. The van der Waals surface area contributed by atoms with Crippen molar-refractivity contribution < 1.29 is 18.0 Å². The molecule has 156 valence electrons. The third kappa shape index (κ3) is 4.50. The van der Waals surface area contributed by atoms with Gasteiger partial charge in [-0.2, -0.15) is 5.10 Å². The zero-order chi connectivity index (χ0) is 22.0. The number of rotatable bonds is 5. The summed E-state index contributed by atoms with van der Waals surface area (Å²) in [5, 5.41) is 4.56. The van der Waals surface area contributed by atoms with E-state index in [1.165, 1.54) is 36.4 Å². The molecule has 0 aromatic heterocycles. The first-order chi connectivity index (χ1) is 14.8. The van der Waals surface area contributed by atoms with Crippen molar-refractivity contribution in [1.29, 1.82) is 0 Å². The number of amides is 1. The number of nitrogens with zero attached hydrogens (tertiary/aromatic N) is 1. The molecule has 9 heteroatoms. The molecule has 0 atom stereocenters. The molecule has 0 bridgehead atoms. The lowest BCUT2D eigenvalue weighted by Crippen LogP contribution is -2.20. The Morgan fingerprint density at radius 3 is 2.39 bits per heavy atom. The largest absolute Gasteiger partial charge is 0.294 e. The number of carbonyl (C=O) groups excluding carboxylic acids is 2. The van der Waals surface area contributed by atoms with Crippen LogP contribution in [0.2, 0.25) is 5.02 Å². The van der Waals surface area contributed by atoms with E-state index in [1.807, 2.05) is 0 Å². The van der Waals surface area contributed by atoms with Crippen LogP contribution < -0.4 is 10.1 Å². The van der Waals surface area contributed by atoms with E-state index in [-0.39, 0.29) is 22.7 Å². The maximum atomic E-state index is 12.7. The van der Waals surface area contributed by atoms with E-state index < -0.39 is 15.9 Å².